The molecule has 2 heterocycles. The molecule has 296 valence electrons. The van der Waals surface area contributed by atoms with Crippen LogP contribution in [0, 0.1) is 13.8 Å². The van der Waals surface area contributed by atoms with Crippen molar-refractivity contribution >= 4 is 31.9 Å². The molecule has 0 amide bonds. The van der Waals surface area contributed by atoms with Crippen LogP contribution >= 0.6 is 31.9 Å². The van der Waals surface area contributed by atoms with E-state index in [0.29, 0.717) is 0 Å². The zero-order valence-electron chi connectivity index (χ0n) is 35.8. The molecule has 4 heteroatoms. The molecule has 0 unspecified atom stereocenters. The van der Waals surface area contributed by atoms with Gasteiger partial charge in [0.05, 0.1) is 11.4 Å². The van der Waals surface area contributed by atoms with E-state index < -0.39 is 0 Å². The summed E-state index contributed by atoms with van der Waals surface area (Å²) < 4.78 is 2.12. The highest BCUT2D eigenvalue weighted by atomic mass is 79.9. The fraction of sp³-hybridized carbons (Fsp3) is 0.358. The summed E-state index contributed by atoms with van der Waals surface area (Å²) >= 11 is 8.20. The van der Waals surface area contributed by atoms with Crippen molar-refractivity contribution in [3.05, 3.63) is 152 Å². The number of benzene rings is 4. The minimum absolute atomic E-state index is 0.0415. The Morgan fingerprint density at radius 3 is 1.51 bits per heavy atom. The maximum absolute atomic E-state index is 4.88. The van der Waals surface area contributed by atoms with E-state index >= 15 is 0 Å². The molecule has 0 bridgehead atoms. The topological polar surface area (TPSA) is 25.8 Å². The lowest BCUT2D eigenvalue weighted by atomic mass is 9.65. The first-order valence-corrected chi connectivity index (χ1v) is 22.5. The van der Waals surface area contributed by atoms with Gasteiger partial charge in [0, 0.05) is 37.9 Å². The van der Waals surface area contributed by atoms with Gasteiger partial charge in [-0.15, -0.1) is 0 Å². The maximum Gasteiger partial charge on any atom is 0.0705 e. The monoisotopic (exact) mass is 882 g/mol. The van der Waals surface area contributed by atoms with Gasteiger partial charge in [-0.05, 0) is 125 Å². The van der Waals surface area contributed by atoms with E-state index in [-0.39, 0.29) is 16.2 Å². The number of pyridine rings is 2. The molecule has 0 aliphatic carbocycles. The summed E-state index contributed by atoms with van der Waals surface area (Å²) in [7, 11) is 0. The standard InChI is InChI=1S/C53H60Br2N2/c1-11-14-15-25-52(9,10)40-24-27-57-49(34-40)38-20-22-43(47(55)32-38)45-18-16-17-44(50(45)53(12-2,13-3)41-29-35(4)28-36(5)30-41)42-21-19-37(31-46(42)54)48-33-39(23-26-56-48)51(6,7)8/h16-24,26-34H,11-15,25H2,1-10H3. The molecule has 57 heavy (non-hydrogen) atoms. The lowest BCUT2D eigenvalue weighted by Crippen LogP contribution is -2.28. The number of halogens is 2. The van der Waals surface area contributed by atoms with Crippen LogP contribution in [0.15, 0.2) is 118 Å². The van der Waals surface area contributed by atoms with E-state index in [1.807, 2.05) is 12.4 Å². The molecule has 4 aromatic carbocycles. The van der Waals surface area contributed by atoms with Crippen LogP contribution in [0.3, 0.4) is 0 Å². The first-order chi connectivity index (χ1) is 27.1. The molecule has 2 nitrogen and oxygen atoms in total. The average Bonchev–Trinajstić information content (AvgIpc) is 3.18. The summed E-state index contributed by atoms with van der Waals surface area (Å²) in [4.78, 5) is 9.68. The van der Waals surface area contributed by atoms with Gasteiger partial charge >= 0.3 is 0 Å². The molecule has 2 aromatic heterocycles. The summed E-state index contributed by atoms with van der Waals surface area (Å²) in [6.07, 6.45) is 10.7. The van der Waals surface area contributed by atoms with Gasteiger partial charge in [0.25, 0.3) is 0 Å². The fourth-order valence-electron chi connectivity index (χ4n) is 8.74. The van der Waals surface area contributed by atoms with Gasteiger partial charge in [-0.1, -0.05) is 178 Å². The number of aryl methyl sites for hydroxylation is 2. The Bertz CT molecular complexity index is 2340. The van der Waals surface area contributed by atoms with Crippen LogP contribution in [-0.4, -0.2) is 9.97 Å². The average molecular weight is 885 g/mol. The molecule has 0 spiro atoms. The van der Waals surface area contributed by atoms with E-state index in [1.165, 1.54) is 81.3 Å². The van der Waals surface area contributed by atoms with E-state index in [4.69, 9.17) is 9.97 Å². The maximum atomic E-state index is 4.88. The van der Waals surface area contributed by atoms with Crippen LogP contribution < -0.4 is 0 Å². The Hall–Kier alpha value is -3.86. The Morgan fingerprint density at radius 1 is 0.526 bits per heavy atom. The zero-order chi connectivity index (χ0) is 41.1. The highest BCUT2D eigenvalue weighted by Gasteiger charge is 2.36. The molecule has 0 saturated carbocycles. The van der Waals surface area contributed by atoms with Crippen molar-refractivity contribution < 1.29 is 0 Å². The predicted octanol–water partition coefficient (Wildman–Crippen LogP) is 16.5. The van der Waals surface area contributed by atoms with E-state index in [2.05, 4.69) is 198 Å². The molecule has 0 saturated heterocycles. The van der Waals surface area contributed by atoms with Crippen molar-refractivity contribution in [1.29, 1.82) is 0 Å². The first kappa shape index (κ1) is 42.7. The third-order valence-electron chi connectivity index (χ3n) is 12.2. The van der Waals surface area contributed by atoms with Crippen LogP contribution in [0.1, 0.15) is 127 Å². The molecule has 0 radical (unpaired) electrons. The number of unbranched alkanes of at least 4 members (excludes halogenated alkanes) is 2. The SMILES string of the molecule is CCCCCC(C)(C)c1ccnc(-c2ccc(-c3cccc(-c4ccc(-c5cc(C(C)(C)C)ccn5)cc4Br)c3C(CC)(CC)c3cc(C)cc(C)c3)c(Br)c2)c1. The lowest BCUT2D eigenvalue weighted by Gasteiger charge is -2.38. The minimum atomic E-state index is -0.249. The number of hydrogen-bond acceptors (Lipinski definition) is 2. The van der Waals surface area contributed by atoms with Gasteiger partial charge in [0.15, 0.2) is 0 Å². The van der Waals surface area contributed by atoms with E-state index in [1.54, 1.807) is 0 Å². The third-order valence-corrected chi connectivity index (χ3v) is 13.5. The second-order valence-electron chi connectivity index (χ2n) is 17.7. The van der Waals surface area contributed by atoms with Crippen LogP contribution in [0.2, 0.25) is 0 Å². The summed E-state index contributed by atoms with van der Waals surface area (Å²) in [5, 5.41) is 0. The Balaban J connectivity index is 1.53. The normalized spacial score (nSPS) is 12.3. The molecular weight excluding hydrogens is 824 g/mol. The smallest absolute Gasteiger partial charge is 0.0705 e. The molecule has 0 fully saturated rings. The first-order valence-electron chi connectivity index (χ1n) is 20.9. The fourth-order valence-corrected chi connectivity index (χ4v) is 9.92. The van der Waals surface area contributed by atoms with Crippen molar-refractivity contribution in [3.8, 4) is 44.8 Å². The Morgan fingerprint density at radius 2 is 1.04 bits per heavy atom. The van der Waals surface area contributed by atoms with Gasteiger partial charge in [-0.3, -0.25) is 9.97 Å². The number of hydrogen-bond donors (Lipinski definition) is 0. The number of nitrogens with zero attached hydrogens (tertiary/aromatic N) is 2. The summed E-state index contributed by atoms with van der Waals surface area (Å²) in [6.45, 7) is 22.9. The van der Waals surface area contributed by atoms with E-state index in [0.717, 1.165) is 44.3 Å². The van der Waals surface area contributed by atoms with Crippen molar-refractivity contribution in [2.75, 3.05) is 0 Å². The minimum Gasteiger partial charge on any atom is -0.256 e. The van der Waals surface area contributed by atoms with Crippen LogP contribution in [-0.2, 0) is 16.2 Å². The van der Waals surface area contributed by atoms with E-state index in [9.17, 15) is 0 Å². The van der Waals surface area contributed by atoms with Crippen molar-refractivity contribution in [2.24, 2.45) is 0 Å². The van der Waals surface area contributed by atoms with Crippen LogP contribution in [0.25, 0.3) is 44.8 Å². The van der Waals surface area contributed by atoms with Crippen molar-refractivity contribution in [3.63, 3.8) is 0 Å². The molecule has 6 aromatic rings. The van der Waals surface area contributed by atoms with Gasteiger partial charge in [-0.25, -0.2) is 0 Å². The molecule has 0 aliphatic heterocycles. The van der Waals surface area contributed by atoms with Crippen molar-refractivity contribution in [1.82, 2.24) is 9.97 Å². The highest BCUT2D eigenvalue weighted by Crippen LogP contribution is 2.51. The summed E-state index contributed by atoms with van der Waals surface area (Å²) in [5.74, 6) is 0. The van der Waals surface area contributed by atoms with Crippen LogP contribution in [0.4, 0.5) is 0 Å². The third kappa shape index (κ3) is 9.08. The second-order valence-corrected chi connectivity index (χ2v) is 19.4. The molecule has 0 N–H and O–H groups in total. The highest BCUT2D eigenvalue weighted by molar-refractivity contribution is 9.11. The van der Waals surface area contributed by atoms with Crippen molar-refractivity contribution in [2.45, 2.75) is 124 Å². The summed E-state index contributed by atoms with van der Waals surface area (Å²) in [6, 6.07) is 36.4. The van der Waals surface area contributed by atoms with Crippen LogP contribution in [0.5, 0.6) is 0 Å². The quantitative estimate of drug-likeness (QED) is 0.108. The molecule has 0 atom stereocenters. The number of aromatic nitrogens is 2. The molecule has 6 rings (SSSR count). The largest absolute Gasteiger partial charge is 0.256 e. The predicted molar refractivity (Wildman–Crippen MR) is 252 cm³/mol. The zero-order valence-corrected chi connectivity index (χ0v) is 39.0. The Labute approximate surface area is 360 Å². The summed E-state index contributed by atoms with van der Waals surface area (Å²) in [5.41, 5.74) is 16.8. The van der Waals surface area contributed by atoms with Gasteiger partial charge in [-0.2, -0.15) is 0 Å². The van der Waals surface area contributed by atoms with Gasteiger partial charge in [0.1, 0.15) is 0 Å². The van der Waals surface area contributed by atoms with Gasteiger partial charge < -0.3 is 0 Å². The number of rotatable bonds is 13. The lowest BCUT2D eigenvalue weighted by molar-refractivity contribution is 0.450. The second kappa shape index (κ2) is 17.6. The molecular formula is C53H60Br2N2. The Kier molecular flexibility index (Phi) is 13.2. The molecule has 0 aliphatic rings. The van der Waals surface area contributed by atoms with Gasteiger partial charge in [0.2, 0.25) is 0 Å².